The number of hydrogen-bond acceptors (Lipinski definition) is 18. The van der Waals surface area contributed by atoms with Gasteiger partial charge in [-0.2, -0.15) is 0 Å². The number of carbonyl (C=O) groups excluding carboxylic acids is 1. The Morgan fingerprint density at radius 1 is 0.411 bits per heavy atom. The zero-order chi connectivity index (χ0) is 65.4. The Labute approximate surface area is 538 Å². The first-order chi connectivity index (χ1) is 43.8. The van der Waals surface area contributed by atoms with E-state index in [9.17, 15) is 61.0 Å². The molecule has 19 nitrogen and oxygen atoms in total. The molecule has 17 unspecified atom stereocenters. The highest BCUT2D eigenvalue weighted by molar-refractivity contribution is 5.76. The van der Waals surface area contributed by atoms with Crippen LogP contribution in [-0.4, -0.2) is 193 Å². The van der Waals surface area contributed by atoms with Gasteiger partial charge < -0.3 is 89.9 Å². The molecular weight excluding hydrogens is 1150 g/mol. The van der Waals surface area contributed by atoms with Crippen molar-refractivity contribution in [2.45, 2.75) is 291 Å². The van der Waals surface area contributed by atoms with Crippen LogP contribution in [0.1, 0.15) is 187 Å². The van der Waals surface area contributed by atoms with Crippen LogP contribution in [0.2, 0.25) is 0 Å². The van der Waals surface area contributed by atoms with Crippen LogP contribution >= 0.6 is 0 Å². The molecule has 3 aliphatic heterocycles. The van der Waals surface area contributed by atoms with E-state index in [-0.39, 0.29) is 18.9 Å². The Hall–Kier alpha value is -3.81. The van der Waals surface area contributed by atoms with E-state index < -0.39 is 124 Å². The molecule has 90 heavy (non-hydrogen) atoms. The summed E-state index contributed by atoms with van der Waals surface area (Å²) in [6.45, 7) is 1.54. The summed E-state index contributed by atoms with van der Waals surface area (Å²) in [5, 5.41) is 120. The molecule has 0 aromatic heterocycles. The summed E-state index contributed by atoms with van der Waals surface area (Å²) in [4.78, 5) is 13.4. The van der Waals surface area contributed by atoms with Gasteiger partial charge in [0.1, 0.15) is 73.2 Å². The maximum absolute atomic E-state index is 13.4. The molecule has 1 amide bonds. The molecule has 0 aromatic carbocycles. The summed E-state index contributed by atoms with van der Waals surface area (Å²) in [7, 11) is 0. The Morgan fingerprint density at radius 2 is 0.778 bits per heavy atom. The molecular formula is C71H117NO18. The Bertz CT molecular complexity index is 2100. The average molecular weight is 1270 g/mol. The number of aliphatic hydroxyl groups is 11. The molecule has 19 heteroatoms. The summed E-state index contributed by atoms with van der Waals surface area (Å²) in [6, 6.07) is -1.00. The zero-order valence-electron chi connectivity index (χ0n) is 54.1. The fourth-order valence-electron chi connectivity index (χ4n) is 10.5. The number of aliphatic hydroxyl groups excluding tert-OH is 11. The highest BCUT2D eigenvalue weighted by Gasteiger charge is 2.53. The van der Waals surface area contributed by atoms with Crippen LogP contribution in [-0.2, 0) is 33.2 Å². The lowest BCUT2D eigenvalue weighted by Gasteiger charge is -2.48. The number of ether oxygens (including phenoxy) is 6. The molecule has 17 atom stereocenters. The summed E-state index contributed by atoms with van der Waals surface area (Å²) in [5.41, 5.74) is 0. The second kappa shape index (κ2) is 51.6. The second-order valence-corrected chi connectivity index (χ2v) is 23.5. The van der Waals surface area contributed by atoms with E-state index in [1.165, 1.54) is 38.5 Å². The van der Waals surface area contributed by atoms with Crippen molar-refractivity contribution in [3.63, 3.8) is 0 Å². The van der Waals surface area contributed by atoms with Gasteiger partial charge in [-0.05, 0) is 96.3 Å². The molecule has 0 aliphatic carbocycles. The highest BCUT2D eigenvalue weighted by Crippen LogP contribution is 2.33. The first-order valence-electron chi connectivity index (χ1n) is 33.8. The zero-order valence-corrected chi connectivity index (χ0v) is 54.1. The molecule has 0 saturated carbocycles. The summed E-state index contributed by atoms with van der Waals surface area (Å²) in [5.74, 6) is -0.302. The van der Waals surface area contributed by atoms with E-state index in [0.29, 0.717) is 12.8 Å². The first kappa shape index (κ1) is 80.4. The third-order valence-electron chi connectivity index (χ3n) is 16.0. The van der Waals surface area contributed by atoms with E-state index in [0.717, 1.165) is 116 Å². The minimum atomic E-state index is -1.99. The van der Waals surface area contributed by atoms with Gasteiger partial charge in [0.05, 0.1) is 38.6 Å². The highest BCUT2D eigenvalue weighted by atomic mass is 16.8. The van der Waals surface area contributed by atoms with Gasteiger partial charge in [-0.25, -0.2) is 0 Å². The van der Waals surface area contributed by atoms with Crippen LogP contribution in [0.15, 0.2) is 122 Å². The molecule has 12 N–H and O–H groups in total. The van der Waals surface area contributed by atoms with Crippen molar-refractivity contribution in [1.82, 2.24) is 5.32 Å². The van der Waals surface area contributed by atoms with Crippen molar-refractivity contribution in [3.05, 3.63) is 122 Å². The van der Waals surface area contributed by atoms with E-state index in [4.69, 9.17) is 28.4 Å². The quantitative estimate of drug-likeness (QED) is 0.0201. The monoisotopic (exact) mass is 1270 g/mol. The van der Waals surface area contributed by atoms with Crippen LogP contribution in [0.25, 0.3) is 0 Å². The largest absolute Gasteiger partial charge is 0.394 e. The number of unbranched alkanes of at least 4 members (excludes halogenated alkanes) is 15. The topological polar surface area (TPSA) is 307 Å². The van der Waals surface area contributed by atoms with Gasteiger partial charge in [-0.1, -0.05) is 206 Å². The molecule has 3 fully saturated rings. The molecule has 0 aromatic rings. The minimum Gasteiger partial charge on any atom is -0.394 e. The van der Waals surface area contributed by atoms with Crippen molar-refractivity contribution >= 4 is 5.91 Å². The predicted octanol–water partition coefficient (Wildman–Crippen LogP) is 8.43. The van der Waals surface area contributed by atoms with E-state index in [1.807, 2.05) is 6.08 Å². The summed E-state index contributed by atoms with van der Waals surface area (Å²) >= 11 is 0. The summed E-state index contributed by atoms with van der Waals surface area (Å²) in [6.07, 6.45) is 43.3. The van der Waals surface area contributed by atoms with Crippen molar-refractivity contribution < 1.29 is 89.4 Å². The maximum Gasteiger partial charge on any atom is 0.220 e. The molecule has 3 saturated heterocycles. The van der Waals surface area contributed by atoms with Crippen LogP contribution in [0.5, 0.6) is 0 Å². The lowest BCUT2D eigenvalue weighted by atomic mass is 9.96. The Morgan fingerprint density at radius 3 is 1.24 bits per heavy atom. The third kappa shape index (κ3) is 33.3. The van der Waals surface area contributed by atoms with Crippen LogP contribution < -0.4 is 5.32 Å². The molecule has 3 rings (SSSR count). The van der Waals surface area contributed by atoms with Gasteiger partial charge in [0.25, 0.3) is 0 Å². The first-order valence-corrected chi connectivity index (χ1v) is 33.8. The Kier molecular flexibility index (Phi) is 46.1. The van der Waals surface area contributed by atoms with Crippen LogP contribution in [0.3, 0.4) is 0 Å². The standard InChI is InChI=1S/C71H117NO18/c1-3-5-7-9-11-13-15-17-18-19-20-21-22-23-24-25-26-27-28-29-30-31-32-33-34-35-36-37-39-41-43-45-47-49-59(77)72-54(55(76)48-46-44-42-40-38-16-14-12-10-8-6-4-2)53-85-69-65(83)62(80)67(57(51-74)87-69)90-71-66(84)63(81)68(58(52-75)88-71)89-70-64(82)61(79)60(78)56(50-73)86-70/h5,7,11,13,17-18,20-21,23-24,26-27,29-30,32-33,38,40,46,48,54-58,60-71,73-76,78-84H,3-4,6,8-10,12,14-16,19,22,25,28,31,34-37,39,41-45,47,49-53H2,1-2H3,(H,72,77)/b7-5-,13-11-,18-17-,21-20-,24-23-,27-26-,30-29-,33-32-,40-38+,48-46+. The molecule has 514 valence electrons. The van der Waals surface area contributed by atoms with E-state index in [2.05, 4.69) is 129 Å². The second-order valence-electron chi connectivity index (χ2n) is 23.5. The Balaban J connectivity index is 1.39. The number of hydrogen-bond donors (Lipinski definition) is 12. The number of rotatable bonds is 49. The van der Waals surface area contributed by atoms with Crippen LogP contribution in [0.4, 0.5) is 0 Å². The van der Waals surface area contributed by atoms with Gasteiger partial charge in [-0.3, -0.25) is 4.79 Å². The molecule has 0 bridgehead atoms. The summed E-state index contributed by atoms with van der Waals surface area (Å²) < 4.78 is 34.2. The maximum atomic E-state index is 13.4. The normalized spacial score (nSPS) is 28.8. The molecule has 0 radical (unpaired) electrons. The third-order valence-corrected chi connectivity index (χ3v) is 16.0. The van der Waals surface area contributed by atoms with Crippen molar-refractivity contribution in [1.29, 1.82) is 0 Å². The fraction of sp³-hybridized carbons (Fsp3) is 0.704. The van der Waals surface area contributed by atoms with Gasteiger partial charge in [-0.15, -0.1) is 0 Å². The predicted molar refractivity (Wildman–Crippen MR) is 350 cm³/mol. The van der Waals surface area contributed by atoms with E-state index in [1.54, 1.807) is 6.08 Å². The van der Waals surface area contributed by atoms with Crippen LogP contribution in [0, 0.1) is 0 Å². The smallest absolute Gasteiger partial charge is 0.220 e. The number of carbonyl (C=O) groups is 1. The van der Waals surface area contributed by atoms with Crippen molar-refractivity contribution in [2.24, 2.45) is 0 Å². The lowest BCUT2D eigenvalue weighted by Crippen LogP contribution is -2.66. The average Bonchev–Trinajstić information content (AvgIpc) is 0.864. The lowest BCUT2D eigenvalue weighted by molar-refractivity contribution is -0.379. The molecule has 0 spiro atoms. The van der Waals surface area contributed by atoms with Gasteiger partial charge in [0.15, 0.2) is 18.9 Å². The number of allylic oxidation sites excluding steroid dienone is 19. The van der Waals surface area contributed by atoms with Crippen molar-refractivity contribution in [2.75, 3.05) is 26.4 Å². The number of amides is 1. The number of nitrogens with one attached hydrogen (secondary N) is 1. The molecule has 3 heterocycles. The fourth-order valence-corrected chi connectivity index (χ4v) is 10.5. The van der Waals surface area contributed by atoms with Gasteiger partial charge in [0, 0.05) is 6.42 Å². The van der Waals surface area contributed by atoms with Gasteiger partial charge in [0.2, 0.25) is 5.91 Å². The van der Waals surface area contributed by atoms with E-state index >= 15 is 0 Å². The van der Waals surface area contributed by atoms with Gasteiger partial charge >= 0.3 is 0 Å². The van der Waals surface area contributed by atoms with Crippen molar-refractivity contribution in [3.8, 4) is 0 Å². The minimum absolute atomic E-state index is 0.217. The molecule has 3 aliphatic rings. The SMILES string of the molecule is CC/C=C\C/C=C\C/C=C\C/C=C\C/C=C\C/C=C\C/C=C\C/C=C\CCCCCCCCCCC(=O)NC(COC1OC(CO)C(OC2OC(CO)C(OC3OC(CO)C(O)C(O)C3O)C(O)C2O)C(O)C1O)C(O)/C=C/CC/C=C/CCCCCCCC.